The molecule has 1 atom stereocenters. The second kappa shape index (κ2) is 6.82. The summed E-state index contributed by atoms with van der Waals surface area (Å²) in [6, 6.07) is 12.7. The molecule has 5 nitrogen and oxygen atoms in total. The van der Waals surface area contributed by atoms with Crippen molar-refractivity contribution in [2.24, 2.45) is 0 Å². The minimum absolute atomic E-state index is 0.319. The van der Waals surface area contributed by atoms with Gasteiger partial charge < -0.3 is 4.57 Å². The molecule has 0 aliphatic rings. The number of rotatable bonds is 5. The Kier molecular flexibility index (Phi) is 4.74. The van der Waals surface area contributed by atoms with Crippen molar-refractivity contribution in [3.8, 4) is 5.69 Å². The van der Waals surface area contributed by atoms with Crippen LogP contribution in [0.3, 0.4) is 0 Å². The number of nitrogens with one attached hydrogen (secondary N) is 1. The fourth-order valence-corrected chi connectivity index (χ4v) is 4.27. The van der Waals surface area contributed by atoms with Crippen molar-refractivity contribution >= 4 is 10.0 Å². The van der Waals surface area contributed by atoms with Crippen LogP contribution in [0.4, 0.5) is 0 Å². The molecular formula is C19H21N3O2S. The molecule has 2 aromatic carbocycles. The number of benzene rings is 2. The number of aryl methyl sites for hydroxylation is 2. The summed E-state index contributed by atoms with van der Waals surface area (Å²) >= 11 is 0. The van der Waals surface area contributed by atoms with Crippen molar-refractivity contribution in [1.82, 2.24) is 14.3 Å². The van der Waals surface area contributed by atoms with Crippen molar-refractivity contribution < 1.29 is 8.42 Å². The lowest BCUT2D eigenvalue weighted by Gasteiger charge is -2.16. The fraction of sp³-hybridized carbons (Fsp3) is 0.211. The first-order chi connectivity index (χ1) is 11.9. The van der Waals surface area contributed by atoms with Gasteiger partial charge in [-0.2, -0.15) is 0 Å². The van der Waals surface area contributed by atoms with E-state index < -0.39 is 10.0 Å². The highest BCUT2D eigenvalue weighted by molar-refractivity contribution is 7.89. The van der Waals surface area contributed by atoms with E-state index in [-0.39, 0.29) is 6.04 Å². The highest BCUT2D eigenvalue weighted by Gasteiger charge is 2.20. The summed E-state index contributed by atoms with van der Waals surface area (Å²) < 4.78 is 30.0. The highest BCUT2D eigenvalue weighted by Crippen LogP contribution is 2.21. The smallest absolute Gasteiger partial charge is 0.241 e. The summed E-state index contributed by atoms with van der Waals surface area (Å²) in [5, 5.41) is 0. The van der Waals surface area contributed by atoms with E-state index in [1.807, 2.05) is 67.9 Å². The van der Waals surface area contributed by atoms with Crippen molar-refractivity contribution in [3.05, 3.63) is 77.9 Å². The molecule has 1 heterocycles. The van der Waals surface area contributed by atoms with Crippen molar-refractivity contribution in [1.29, 1.82) is 0 Å². The van der Waals surface area contributed by atoms with E-state index in [0.717, 1.165) is 22.4 Å². The van der Waals surface area contributed by atoms with Crippen LogP contribution in [0, 0.1) is 13.8 Å². The second-order valence-electron chi connectivity index (χ2n) is 6.17. The Balaban J connectivity index is 1.80. The third kappa shape index (κ3) is 3.81. The van der Waals surface area contributed by atoms with Gasteiger partial charge in [0.2, 0.25) is 10.0 Å². The first-order valence-corrected chi connectivity index (χ1v) is 9.53. The predicted molar refractivity (Wildman–Crippen MR) is 98.2 cm³/mol. The standard InChI is InChI=1S/C19H21N3O2S/c1-14-4-9-19(15(2)12-14)25(23,24)21-16(3)17-5-7-18(8-6-17)22-11-10-20-13-22/h4-13,16,21H,1-3H3/t16-/m1/s1. The second-order valence-corrected chi connectivity index (χ2v) is 7.86. The lowest BCUT2D eigenvalue weighted by molar-refractivity contribution is 0.566. The maximum Gasteiger partial charge on any atom is 0.241 e. The average Bonchev–Trinajstić information content (AvgIpc) is 3.08. The minimum Gasteiger partial charge on any atom is -0.306 e. The van der Waals surface area contributed by atoms with Crippen molar-refractivity contribution in [2.75, 3.05) is 0 Å². The number of aromatic nitrogens is 2. The largest absolute Gasteiger partial charge is 0.306 e. The topological polar surface area (TPSA) is 64.0 Å². The Hall–Kier alpha value is -2.44. The van der Waals surface area contributed by atoms with Crippen molar-refractivity contribution in [3.63, 3.8) is 0 Å². The lowest BCUT2D eigenvalue weighted by Crippen LogP contribution is -2.27. The number of hydrogen-bond donors (Lipinski definition) is 1. The summed E-state index contributed by atoms with van der Waals surface area (Å²) in [5.74, 6) is 0. The molecule has 1 aromatic heterocycles. The van der Waals surface area contributed by atoms with E-state index in [1.165, 1.54) is 0 Å². The molecule has 0 saturated heterocycles. The van der Waals surface area contributed by atoms with Gasteiger partial charge in [0.15, 0.2) is 0 Å². The summed E-state index contributed by atoms with van der Waals surface area (Å²) in [6.45, 7) is 5.60. The third-order valence-corrected chi connectivity index (χ3v) is 5.85. The van der Waals surface area contributed by atoms with Gasteiger partial charge in [0.05, 0.1) is 11.2 Å². The zero-order valence-corrected chi connectivity index (χ0v) is 15.3. The van der Waals surface area contributed by atoms with Gasteiger partial charge in [0, 0.05) is 24.1 Å². The first kappa shape index (κ1) is 17.4. The summed E-state index contributed by atoms with van der Waals surface area (Å²) in [5.41, 5.74) is 3.66. The molecule has 0 radical (unpaired) electrons. The van der Waals surface area contributed by atoms with Crippen LogP contribution < -0.4 is 4.72 Å². The Morgan fingerprint density at radius 1 is 1.08 bits per heavy atom. The Labute approximate surface area is 148 Å². The molecule has 1 N–H and O–H groups in total. The maximum absolute atomic E-state index is 12.7. The molecule has 0 spiro atoms. The maximum atomic E-state index is 12.7. The monoisotopic (exact) mass is 355 g/mol. The van der Waals surface area contributed by atoms with Crippen LogP contribution in [0.25, 0.3) is 5.69 Å². The molecule has 0 amide bonds. The summed E-state index contributed by atoms with van der Waals surface area (Å²) in [7, 11) is -3.57. The van der Waals surface area contributed by atoms with Crippen LogP contribution in [-0.2, 0) is 10.0 Å². The number of sulfonamides is 1. The van der Waals surface area contributed by atoms with Crippen LogP contribution in [0.15, 0.2) is 66.1 Å². The zero-order chi connectivity index (χ0) is 18.0. The number of nitrogens with zero attached hydrogens (tertiary/aromatic N) is 2. The highest BCUT2D eigenvalue weighted by atomic mass is 32.2. The van der Waals surface area contributed by atoms with E-state index >= 15 is 0 Å². The van der Waals surface area contributed by atoms with Gasteiger partial charge in [0.1, 0.15) is 0 Å². The zero-order valence-electron chi connectivity index (χ0n) is 14.5. The molecular weight excluding hydrogens is 334 g/mol. The predicted octanol–water partition coefficient (Wildman–Crippen LogP) is 3.53. The van der Waals surface area contributed by atoms with E-state index in [4.69, 9.17) is 0 Å². The molecule has 3 aromatic rings. The summed E-state index contributed by atoms with van der Waals surface area (Å²) in [4.78, 5) is 4.34. The van der Waals surface area contributed by atoms with Crippen LogP contribution in [0.2, 0.25) is 0 Å². The van der Waals surface area contributed by atoms with E-state index in [1.54, 1.807) is 18.6 Å². The molecule has 130 valence electrons. The van der Waals surface area contributed by atoms with Gasteiger partial charge in [-0.05, 0) is 50.1 Å². The van der Waals surface area contributed by atoms with Crippen LogP contribution in [0.1, 0.15) is 29.7 Å². The molecule has 0 bridgehead atoms. The SMILES string of the molecule is Cc1ccc(S(=O)(=O)N[C@H](C)c2ccc(-n3ccnc3)cc2)c(C)c1. The number of hydrogen-bond acceptors (Lipinski definition) is 3. The molecule has 0 saturated carbocycles. The van der Waals surface area contributed by atoms with E-state index in [9.17, 15) is 8.42 Å². The molecule has 25 heavy (non-hydrogen) atoms. The van der Waals surface area contributed by atoms with Crippen LogP contribution >= 0.6 is 0 Å². The van der Waals surface area contributed by atoms with Crippen LogP contribution in [0.5, 0.6) is 0 Å². The van der Waals surface area contributed by atoms with E-state index in [2.05, 4.69) is 9.71 Å². The third-order valence-electron chi connectivity index (χ3n) is 4.15. The van der Waals surface area contributed by atoms with Crippen LogP contribution in [-0.4, -0.2) is 18.0 Å². The molecule has 0 fully saturated rings. The fourth-order valence-electron chi connectivity index (χ4n) is 2.81. The molecule has 6 heteroatoms. The lowest BCUT2D eigenvalue weighted by atomic mass is 10.1. The Morgan fingerprint density at radius 2 is 1.80 bits per heavy atom. The Morgan fingerprint density at radius 3 is 2.40 bits per heavy atom. The van der Waals surface area contributed by atoms with Gasteiger partial charge in [-0.3, -0.25) is 0 Å². The summed E-state index contributed by atoms with van der Waals surface area (Å²) in [6.07, 6.45) is 5.30. The molecule has 3 rings (SSSR count). The molecule has 0 aliphatic heterocycles. The number of imidazole rings is 1. The Bertz CT molecular complexity index is 962. The van der Waals surface area contributed by atoms with Crippen molar-refractivity contribution in [2.45, 2.75) is 31.7 Å². The molecule has 0 aliphatic carbocycles. The first-order valence-electron chi connectivity index (χ1n) is 8.05. The molecule has 0 unspecified atom stereocenters. The average molecular weight is 355 g/mol. The normalized spacial score (nSPS) is 12.9. The quantitative estimate of drug-likeness (QED) is 0.761. The van der Waals surface area contributed by atoms with Gasteiger partial charge in [-0.1, -0.05) is 29.8 Å². The minimum atomic E-state index is -3.57. The van der Waals surface area contributed by atoms with Gasteiger partial charge in [-0.25, -0.2) is 18.1 Å². The van der Waals surface area contributed by atoms with Gasteiger partial charge in [-0.15, -0.1) is 0 Å². The van der Waals surface area contributed by atoms with Gasteiger partial charge >= 0.3 is 0 Å². The van der Waals surface area contributed by atoms with Gasteiger partial charge in [0.25, 0.3) is 0 Å². The van der Waals surface area contributed by atoms with E-state index in [0.29, 0.717) is 4.90 Å².